The zero-order chi connectivity index (χ0) is 26.8. The molecule has 208 valence electrons. The van der Waals surface area contributed by atoms with Crippen molar-refractivity contribution < 1.29 is 4.57 Å². The molecule has 3 aromatic rings. The number of rotatable bonds is 20. The van der Waals surface area contributed by atoms with E-state index in [-0.39, 0.29) is 0 Å². The van der Waals surface area contributed by atoms with Gasteiger partial charge in [0.25, 0.3) is 5.82 Å². The van der Waals surface area contributed by atoms with E-state index >= 15 is 0 Å². The molecule has 0 fully saturated rings. The second-order valence-corrected chi connectivity index (χ2v) is 11.4. The maximum absolute atomic E-state index is 2.71. The van der Waals surface area contributed by atoms with E-state index in [1.165, 1.54) is 106 Å². The van der Waals surface area contributed by atoms with Gasteiger partial charge in [-0.1, -0.05) is 139 Å². The molecule has 1 unspecified atom stereocenters. The first-order chi connectivity index (χ1) is 18.7. The molecule has 0 saturated carbocycles. The molecular formula is C36H55N2+. The summed E-state index contributed by atoms with van der Waals surface area (Å²) < 4.78 is 5.31. The maximum atomic E-state index is 2.71. The molecule has 0 bridgehead atoms. The molecule has 0 aliphatic rings. The lowest BCUT2D eigenvalue weighted by atomic mass is 9.96. The minimum absolute atomic E-state index is 0.520. The Morgan fingerprint density at radius 1 is 0.658 bits per heavy atom. The summed E-state index contributed by atoms with van der Waals surface area (Å²) in [7, 11) is 0. The molecule has 1 aromatic heterocycles. The third-order valence-corrected chi connectivity index (χ3v) is 8.12. The van der Waals surface area contributed by atoms with Gasteiger partial charge in [-0.3, -0.25) is 0 Å². The summed E-state index contributed by atoms with van der Waals surface area (Å²) in [5, 5.41) is 0. The molecule has 2 nitrogen and oxygen atoms in total. The van der Waals surface area contributed by atoms with Crippen LogP contribution in [0, 0.1) is 0 Å². The highest BCUT2D eigenvalue weighted by molar-refractivity contribution is 5.22. The molecule has 0 spiro atoms. The fourth-order valence-corrected chi connectivity index (χ4v) is 5.75. The number of unbranched alkanes of at least 4 members (excludes halogenated alkanes) is 11. The van der Waals surface area contributed by atoms with Crippen molar-refractivity contribution in [3.05, 3.63) is 89.5 Å². The molecule has 0 radical (unpaired) electrons. The topological polar surface area (TPSA) is 8.81 Å². The third kappa shape index (κ3) is 10.4. The molecule has 38 heavy (non-hydrogen) atoms. The lowest BCUT2D eigenvalue weighted by Crippen LogP contribution is -2.37. The molecule has 2 heteroatoms. The number of aromatic nitrogens is 2. The van der Waals surface area contributed by atoms with E-state index in [0.29, 0.717) is 5.92 Å². The predicted octanol–water partition coefficient (Wildman–Crippen LogP) is 9.82. The largest absolute Gasteiger partial charge is 0.261 e. The minimum Gasteiger partial charge on any atom is -0.234 e. The van der Waals surface area contributed by atoms with Crippen LogP contribution in [0.5, 0.6) is 0 Å². The average molecular weight is 516 g/mol. The monoisotopic (exact) mass is 515 g/mol. The number of benzene rings is 2. The number of nitrogens with zero attached hydrogens (tertiary/aromatic N) is 2. The maximum Gasteiger partial charge on any atom is 0.261 e. The Bertz CT molecular complexity index is 989. The van der Waals surface area contributed by atoms with Crippen LogP contribution in [0.25, 0.3) is 0 Å². The van der Waals surface area contributed by atoms with Gasteiger partial charge in [0.15, 0.2) is 0 Å². The van der Waals surface area contributed by atoms with Crippen LogP contribution in [0.2, 0.25) is 0 Å². The summed E-state index contributed by atoms with van der Waals surface area (Å²) in [4.78, 5) is 0. The zero-order valence-electron chi connectivity index (χ0n) is 24.8. The van der Waals surface area contributed by atoms with E-state index < -0.39 is 0 Å². The SMILES string of the molecule is CCCCCCCCCCCCn1c(CC(C)c2ccccc2)c[n+](CCCCC)c1Cc1ccccc1. The van der Waals surface area contributed by atoms with E-state index in [1.54, 1.807) is 0 Å². The van der Waals surface area contributed by atoms with E-state index in [1.807, 2.05) is 0 Å². The molecule has 0 N–H and O–H groups in total. The summed E-state index contributed by atoms with van der Waals surface area (Å²) in [5.41, 5.74) is 4.38. The number of hydrogen-bond donors (Lipinski definition) is 0. The fraction of sp³-hybridized carbons (Fsp3) is 0.583. The first-order valence-electron chi connectivity index (χ1n) is 15.9. The molecular weight excluding hydrogens is 460 g/mol. The van der Waals surface area contributed by atoms with E-state index in [9.17, 15) is 0 Å². The highest BCUT2D eigenvalue weighted by Crippen LogP contribution is 2.22. The van der Waals surface area contributed by atoms with Crippen LogP contribution in [0.3, 0.4) is 0 Å². The summed E-state index contributed by atoms with van der Waals surface area (Å²) in [6, 6.07) is 22.2. The Hall–Kier alpha value is -2.35. The molecule has 0 aliphatic carbocycles. The van der Waals surface area contributed by atoms with Crippen LogP contribution in [-0.4, -0.2) is 4.57 Å². The van der Waals surface area contributed by atoms with Crippen molar-refractivity contribution >= 4 is 0 Å². The van der Waals surface area contributed by atoms with Crippen molar-refractivity contribution in [1.82, 2.24) is 4.57 Å². The van der Waals surface area contributed by atoms with Crippen LogP contribution < -0.4 is 4.57 Å². The third-order valence-electron chi connectivity index (χ3n) is 8.12. The van der Waals surface area contributed by atoms with Gasteiger partial charge in [0.05, 0.1) is 19.5 Å². The molecule has 0 amide bonds. The highest BCUT2D eigenvalue weighted by Gasteiger charge is 2.25. The van der Waals surface area contributed by atoms with Crippen molar-refractivity contribution in [3.63, 3.8) is 0 Å². The first kappa shape index (κ1) is 30.2. The van der Waals surface area contributed by atoms with Gasteiger partial charge >= 0.3 is 0 Å². The van der Waals surface area contributed by atoms with Crippen LogP contribution in [-0.2, 0) is 25.9 Å². The van der Waals surface area contributed by atoms with E-state index in [0.717, 1.165) is 25.9 Å². The van der Waals surface area contributed by atoms with Crippen LogP contribution >= 0.6 is 0 Å². The minimum atomic E-state index is 0.520. The van der Waals surface area contributed by atoms with Crippen molar-refractivity contribution in [2.45, 2.75) is 136 Å². The van der Waals surface area contributed by atoms with Crippen LogP contribution in [0.1, 0.15) is 133 Å². The standard InChI is InChI=1S/C36H55N2/c1-4-6-8-9-10-11-12-13-14-22-28-38-35(29-32(3)34-25-19-16-20-26-34)31-37(27-21-7-5-2)36(38)30-33-23-17-15-18-24-33/h15-20,23-26,31-32H,4-14,21-22,27-30H2,1-3H3/q+1. The molecule has 1 atom stereocenters. The lowest BCUT2D eigenvalue weighted by Gasteiger charge is -2.12. The number of aryl methyl sites for hydroxylation is 1. The van der Waals surface area contributed by atoms with Crippen molar-refractivity contribution in [1.29, 1.82) is 0 Å². The average Bonchev–Trinajstić information content (AvgIpc) is 3.26. The van der Waals surface area contributed by atoms with Crippen molar-refractivity contribution in [2.75, 3.05) is 0 Å². The van der Waals surface area contributed by atoms with Crippen LogP contribution in [0.15, 0.2) is 66.9 Å². The van der Waals surface area contributed by atoms with Gasteiger partial charge in [-0.2, -0.15) is 0 Å². The second kappa shape index (κ2) is 18.0. The Balaban J connectivity index is 1.71. The summed E-state index contributed by atoms with van der Waals surface area (Å²) in [6.07, 6.45) is 22.3. The van der Waals surface area contributed by atoms with Crippen molar-refractivity contribution in [2.24, 2.45) is 0 Å². The van der Waals surface area contributed by atoms with Gasteiger partial charge in [-0.05, 0) is 42.7 Å². The normalized spacial score (nSPS) is 12.2. The highest BCUT2D eigenvalue weighted by atomic mass is 15.2. The zero-order valence-corrected chi connectivity index (χ0v) is 24.8. The van der Waals surface area contributed by atoms with Gasteiger partial charge in [-0.15, -0.1) is 0 Å². The Morgan fingerprint density at radius 3 is 1.84 bits per heavy atom. The quantitative estimate of drug-likeness (QED) is 0.105. The Kier molecular flexibility index (Phi) is 14.3. The summed E-state index contributed by atoms with van der Waals surface area (Å²) in [5.74, 6) is 2.02. The van der Waals surface area contributed by atoms with E-state index in [4.69, 9.17) is 0 Å². The predicted molar refractivity (Wildman–Crippen MR) is 164 cm³/mol. The van der Waals surface area contributed by atoms with Crippen molar-refractivity contribution in [3.8, 4) is 0 Å². The van der Waals surface area contributed by atoms with Gasteiger partial charge < -0.3 is 0 Å². The summed E-state index contributed by atoms with van der Waals surface area (Å²) >= 11 is 0. The Labute approximate surface area is 234 Å². The Morgan fingerprint density at radius 2 is 1.21 bits per heavy atom. The van der Waals surface area contributed by atoms with Gasteiger partial charge in [0, 0.05) is 6.42 Å². The van der Waals surface area contributed by atoms with Crippen LogP contribution in [0.4, 0.5) is 0 Å². The lowest BCUT2D eigenvalue weighted by molar-refractivity contribution is -0.704. The number of imidazole rings is 1. The smallest absolute Gasteiger partial charge is 0.234 e. The van der Waals surface area contributed by atoms with Gasteiger partial charge in [0.1, 0.15) is 11.9 Å². The fourth-order valence-electron chi connectivity index (χ4n) is 5.75. The number of hydrogen-bond acceptors (Lipinski definition) is 0. The second-order valence-electron chi connectivity index (χ2n) is 11.4. The molecule has 2 aromatic carbocycles. The molecule has 3 rings (SSSR count). The summed E-state index contributed by atoms with van der Waals surface area (Å²) in [6.45, 7) is 9.28. The molecule has 1 heterocycles. The van der Waals surface area contributed by atoms with Gasteiger partial charge in [-0.25, -0.2) is 9.13 Å². The molecule has 0 saturated heterocycles. The van der Waals surface area contributed by atoms with Gasteiger partial charge in [0.2, 0.25) is 0 Å². The van der Waals surface area contributed by atoms with E-state index in [2.05, 4.69) is 96.8 Å². The molecule has 0 aliphatic heterocycles. The first-order valence-corrected chi connectivity index (χ1v) is 15.9.